The number of benzene rings is 1. The monoisotopic (exact) mass is 240 g/mol. The summed E-state index contributed by atoms with van der Waals surface area (Å²) in [4.78, 5) is 12.0. The van der Waals surface area contributed by atoms with Crippen molar-refractivity contribution in [1.29, 1.82) is 0 Å². The summed E-state index contributed by atoms with van der Waals surface area (Å²) in [6.45, 7) is 3.29. The predicted octanol–water partition coefficient (Wildman–Crippen LogP) is 2.08. The van der Waals surface area contributed by atoms with Crippen LogP contribution in [0.2, 0.25) is 0 Å². The molecular formula is C12H16O3S. The fourth-order valence-corrected chi connectivity index (χ4v) is 2.96. The van der Waals surface area contributed by atoms with Crippen molar-refractivity contribution in [2.24, 2.45) is 0 Å². The van der Waals surface area contributed by atoms with Gasteiger partial charge in [0.05, 0.1) is 0 Å². The first-order valence-corrected chi connectivity index (χ1v) is 7.05. The molecule has 16 heavy (non-hydrogen) atoms. The molecule has 0 heterocycles. The fraction of sp³-hybridized carbons (Fsp3) is 0.417. The molecule has 0 bridgehead atoms. The molecule has 1 rings (SSSR count). The van der Waals surface area contributed by atoms with E-state index < -0.39 is 15.1 Å². The molecule has 0 spiro atoms. The molecule has 0 radical (unpaired) electrons. The molecule has 3 nitrogen and oxygen atoms in total. The van der Waals surface area contributed by atoms with Crippen LogP contribution in [0.5, 0.6) is 0 Å². The lowest BCUT2D eigenvalue weighted by atomic mass is 10.1. The molecule has 0 aliphatic rings. The summed E-state index contributed by atoms with van der Waals surface area (Å²) < 4.78 is 23.4. The van der Waals surface area contributed by atoms with E-state index in [0.717, 1.165) is 0 Å². The van der Waals surface area contributed by atoms with E-state index in [9.17, 15) is 13.2 Å². The second kappa shape index (κ2) is 5.25. The summed E-state index contributed by atoms with van der Waals surface area (Å²) in [7, 11) is -3.31. The lowest BCUT2D eigenvalue weighted by molar-refractivity contribution is 0.0985. The molecule has 0 aliphatic carbocycles. The maximum absolute atomic E-state index is 12.0. The van der Waals surface area contributed by atoms with Crippen LogP contribution in [0, 0.1) is 0 Å². The Balaban J connectivity index is 3.05. The molecule has 0 unspecified atom stereocenters. The normalized spacial score (nSPS) is 13.4. The average Bonchev–Trinajstić information content (AvgIpc) is 2.30. The summed E-state index contributed by atoms with van der Waals surface area (Å²) in [5.41, 5.74) is 0.464. The van der Waals surface area contributed by atoms with E-state index in [0.29, 0.717) is 12.0 Å². The molecule has 88 valence electrons. The number of rotatable bonds is 5. The van der Waals surface area contributed by atoms with Crippen molar-refractivity contribution >= 4 is 15.6 Å². The fourth-order valence-electron chi connectivity index (χ4n) is 1.59. The SMILES string of the molecule is CC[C@H](C(=O)c1ccccc1)S(=O)(=O)CC. The van der Waals surface area contributed by atoms with Crippen LogP contribution in [0.4, 0.5) is 0 Å². The highest BCUT2D eigenvalue weighted by Gasteiger charge is 2.29. The van der Waals surface area contributed by atoms with Gasteiger partial charge in [-0.05, 0) is 6.42 Å². The van der Waals surface area contributed by atoms with Gasteiger partial charge in [0.1, 0.15) is 5.25 Å². The van der Waals surface area contributed by atoms with Crippen molar-refractivity contribution in [3.8, 4) is 0 Å². The third-order valence-electron chi connectivity index (χ3n) is 2.56. The van der Waals surface area contributed by atoms with Crippen LogP contribution < -0.4 is 0 Å². The highest BCUT2D eigenvalue weighted by molar-refractivity contribution is 7.92. The molecular weight excluding hydrogens is 224 g/mol. The van der Waals surface area contributed by atoms with E-state index in [-0.39, 0.29) is 11.5 Å². The van der Waals surface area contributed by atoms with Crippen LogP contribution in [0.25, 0.3) is 0 Å². The van der Waals surface area contributed by atoms with Gasteiger partial charge in [0.2, 0.25) is 0 Å². The Bertz CT molecular complexity index is 448. The van der Waals surface area contributed by atoms with Crippen molar-refractivity contribution in [3.05, 3.63) is 35.9 Å². The van der Waals surface area contributed by atoms with Crippen LogP contribution in [-0.4, -0.2) is 25.2 Å². The molecule has 1 aromatic rings. The summed E-state index contributed by atoms with van der Waals surface area (Å²) in [6.07, 6.45) is 0.323. The molecule has 0 saturated heterocycles. The van der Waals surface area contributed by atoms with Gasteiger partial charge in [0.15, 0.2) is 15.6 Å². The van der Waals surface area contributed by atoms with E-state index in [1.54, 1.807) is 44.2 Å². The van der Waals surface area contributed by atoms with Gasteiger partial charge >= 0.3 is 0 Å². The van der Waals surface area contributed by atoms with Crippen molar-refractivity contribution in [3.63, 3.8) is 0 Å². The first kappa shape index (κ1) is 12.9. The first-order valence-electron chi connectivity index (χ1n) is 5.33. The van der Waals surface area contributed by atoms with Gasteiger partial charge < -0.3 is 0 Å². The van der Waals surface area contributed by atoms with Crippen LogP contribution in [0.1, 0.15) is 30.6 Å². The Morgan fingerprint density at radius 1 is 1.19 bits per heavy atom. The second-order valence-corrected chi connectivity index (χ2v) is 6.05. The summed E-state index contributed by atoms with van der Waals surface area (Å²) in [5.74, 6) is -0.297. The third kappa shape index (κ3) is 2.70. The zero-order valence-electron chi connectivity index (χ0n) is 9.51. The first-order chi connectivity index (χ1) is 7.53. The topological polar surface area (TPSA) is 51.2 Å². The van der Waals surface area contributed by atoms with Crippen molar-refractivity contribution < 1.29 is 13.2 Å². The summed E-state index contributed by atoms with van der Waals surface area (Å²) in [5, 5.41) is -0.903. The Labute approximate surface area is 96.4 Å². The standard InChI is InChI=1S/C12H16O3S/c1-3-11(16(14,15)4-2)12(13)10-8-6-5-7-9-10/h5-9,11H,3-4H2,1-2H3/t11-/m1/s1. The van der Waals surface area contributed by atoms with Gasteiger partial charge in [-0.25, -0.2) is 8.42 Å². The average molecular weight is 240 g/mol. The Morgan fingerprint density at radius 3 is 2.19 bits per heavy atom. The molecule has 0 amide bonds. The molecule has 1 aromatic carbocycles. The summed E-state index contributed by atoms with van der Waals surface area (Å²) in [6, 6.07) is 8.56. The number of hydrogen-bond donors (Lipinski definition) is 0. The highest BCUT2D eigenvalue weighted by Crippen LogP contribution is 2.14. The van der Waals surface area contributed by atoms with E-state index in [2.05, 4.69) is 0 Å². The van der Waals surface area contributed by atoms with E-state index in [1.807, 2.05) is 0 Å². The molecule has 4 heteroatoms. The minimum atomic E-state index is -3.31. The third-order valence-corrected chi connectivity index (χ3v) is 4.78. The number of sulfone groups is 1. The maximum atomic E-state index is 12.0. The van der Waals surface area contributed by atoms with Gasteiger partial charge in [0, 0.05) is 11.3 Å². The smallest absolute Gasteiger partial charge is 0.180 e. The van der Waals surface area contributed by atoms with Crippen molar-refractivity contribution in [2.75, 3.05) is 5.75 Å². The molecule has 0 aliphatic heterocycles. The molecule has 0 fully saturated rings. The minimum Gasteiger partial charge on any atom is -0.293 e. The van der Waals surface area contributed by atoms with E-state index >= 15 is 0 Å². The molecule has 1 atom stereocenters. The zero-order valence-corrected chi connectivity index (χ0v) is 10.3. The predicted molar refractivity (Wildman–Crippen MR) is 64.3 cm³/mol. The van der Waals surface area contributed by atoms with Crippen molar-refractivity contribution in [2.45, 2.75) is 25.5 Å². The van der Waals surface area contributed by atoms with Gasteiger partial charge in [-0.1, -0.05) is 44.2 Å². The maximum Gasteiger partial charge on any atom is 0.180 e. The van der Waals surface area contributed by atoms with Crippen LogP contribution >= 0.6 is 0 Å². The Hall–Kier alpha value is -1.16. The summed E-state index contributed by atoms with van der Waals surface area (Å²) >= 11 is 0. The van der Waals surface area contributed by atoms with Crippen LogP contribution in [0.15, 0.2) is 30.3 Å². The lowest BCUT2D eigenvalue weighted by Crippen LogP contribution is -2.31. The number of hydrogen-bond acceptors (Lipinski definition) is 3. The van der Waals surface area contributed by atoms with E-state index in [1.165, 1.54) is 0 Å². The number of carbonyl (C=O) groups excluding carboxylic acids is 1. The zero-order chi connectivity index (χ0) is 12.2. The quantitative estimate of drug-likeness (QED) is 0.740. The Morgan fingerprint density at radius 2 is 1.75 bits per heavy atom. The van der Waals surface area contributed by atoms with Crippen LogP contribution in [0.3, 0.4) is 0 Å². The van der Waals surface area contributed by atoms with Crippen molar-refractivity contribution in [1.82, 2.24) is 0 Å². The Kier molecular flexibility index (Phi) is 4.24. The largest absolute Gasteiger partial charge is 0.293 e. The van der Waals surface area contributed by atoms with E-state index in [4.69, 9.17) is 0 Å². The van der Waals surface area contributed by atoms with Gasteiger partial charge in [-0.15, -0.1) is 0 Å². The molecule has 0 aromatic heterocycles. The molecule has 0 N–H and O–H groups in total. The number of Topliss-reactive ketones (excluding diaryl/α,β-unsaturated/α-hetero) is 1. The number of carbonyl (C=O) groups is 1. The van der Waals surface area contributed by atoms with Gasteiger partial charge in [0.25, 0.3) is 0 Å². The van der Waals surface area contributed by atoms with Gasteiger partial charge in [-0.3, -0.25) is 4.79 Å². The van der Waals surface area contributed by atoms with Crippen LogP contribution in [-0.2, 0) is 9.84 Å². The number of ketones is 1. The van der Waals surface area contributed by atoms with Gasteiger partial charge in [-0.2, -0.15) is 0 Å². The minimum absolute atomic E-state index is 0.00405. The highest BCUT2D eigenvalue weighted by atomic mass is 32.2. The lowest BCUT2D eigenvalue weighted by Gasteiger charge is -2.13. The second-order valence-electron chi connectivity index (χ2n) is 3.58. The molecule has 0 saturated carbocycles.